The number of methoxy groups -OCH3 is 3. The summed E-state index contributed by atoms with van der Waals surface area (Å²) >= 11 is 12.6. The lowest BCUT2D eigenvalue weighted by molar-refractivity contribution is -0.113. The number of nitrogens with one attached hydrogen (secondary N) is 2. The van der Waals surface area contributed by atoms with Crippen molar-refractivity contribution in [2.45, 2.75) is 13.0 Å². The van der Waals surface area contributed by atoms with Crippen LogP contribution >= 0.6 is 23.2 Å². The van der Waals surface area contributed by atoms with E-state index in [0.29, 0.717) is 67.2 Å². The maximum absolute atomic E-state index is 13.8. The third-order valence-electron chi connectivity index (χ3n) is 6.30. The van der Waals surface area contributed by atoms with Gasteiger partial charge in [-0.2, -0.15) is 4.98 Å². The topological polar surface area (TPSA) is 99.5 Å². The standard InChI is InChI=1S/C28H25Cl2N5O4/c1-15-23(27(36)32-18-8-6-5-7-9-18)24(16-12-21(37-2)25(39-4)22(13-16)38-3)35-28(31-15)33-26(34-35)19-11-10-17(29)14-20(19)30/h5-14,24H,1-4H3,(H,32,36)(H,31,33,34). The third-order valence-corrected chi connectivity index (χ3v) is 6.85. The highest BCUT2D eigenvalue weighted by atomic mass is 35.5. The van der Waals surface area contributed by atoms with Gasteiger partial charge in [0.1, 0.15) is 6.04 Å². The first-order chi connectivity index (χ1) is 18.8. The van der Waals surface area contributed by atoms with Crippen LogP contribution in [0.4, 0.5) is 11.6 Å². The van der Waals surface area contributed by atoms with Gasteiger partial charge in [0.15, 0.2) is 17.3 Å². The molecule has 0 bridgehead atoms. The number of para-hydroxylation sites is 1. The first-order valence-corrected chi connectivity index (χ1v) is 12.7. The highest BCUT2D eigenvalue weighted by Gasteiger charge is 2.36. The van der Waals surface area contributed by atoms with Gasteiger partial charge in [0.2, 0.25) is 11.7 Å². The monoisotopic (exact) mass is 565 g/mol. The number of hydrogen-bond donors (Lipinski definition) is 2. The lowest BCUT2D eigenvalue weighted by Gasteiger charge is -2.29. The molecule has 0 saturated heterocycles. The number of aromatic nitrogens is 3. The largest absolute Gasteiger partial charge is 0.493 e. The summed E-state index contributed by atoms with van der Waals surface area (Å²) in [5.74, 6) is 1.80. The molecule has 1 aliphatic rings. The number of halogens is 2. The average Bonchev–Trinajstić information content (AvgIpc) is 3.34. The van der Waals surface area contributed by atoms with Crippen molar-refractivity contribution in [3.8, 4) is 28.6 Å². The maximum Gasteiger partial charge on any atom is 0.255 e. The number of fused-ring (bicyclic) bond motifs is 1. The molecule has 1 unspecified atom stereocenters. The van der Waals surface area contributed by atoms with Gasteiger partial charge in [0.05, 0.1) is 31.9 Å². The van der Waals surface area contributed by atoms with E-state index < -0.39 is 6.04 Å². The van der Waals surface area contributed by atoms with Crippen LogP contribution < -0.4 is 24.8 Å². The van der Waals surface area contributed by atoms with E-state index in [4.69, 9.17) is 47.5 Å². The minimum atomic E-state index is -0.703. The number of allylic oxidation sites excluding steroid dienone is 1. The van der Waals surface area contributed by atoms with Crippen LogP contribution in [0.1, 0.15) is 18.5 Å². The first-order valence-electron chi connectivity index (χ1n) is 11.9. The number of amides is 1. The van der Waals surface area contributed by atoms with Crippen molar-refractivity contribution >= 4 is 40.7 Å². The molecule has 5 rings (SSSR count). The summed E-state index contributed by atoms with van der Waals surface area (Å²) in [6.45, 7) is 1.82. The third kappa shape index (κ3) is 4.98. The Bertz CT molecular complexity index is 1560. The molecule has 2 heterocycles. The van der Waals surface area contributed by atoms with Gasteiger partial charge in [0, 0.05) is 22.0 Å². The molecule has 1 aliphatic heterocycles. The molecule has 1 atom stereocenters. The van der Waals surface area contributed by atoms with Gasteiger partial charge < -0.3 is 24.8 Å². The van der Waals surface area contributed by atoms with E-state index in [2.05, 4.69) is 10.6 Å². The zero-order valence-electron chi connectivity index (χ0n) is 21.6. The minimum Gasteiger partial charge on any atom is -0.493 e. The molecule has 0 saturated carbocycles. The number of hydrogen-bond acceptors (Lipinski definition) is 7. The van der Waals surface area contributed by atoms with Crippen molar-refractivity contribution in [2.24, 2.45) is 0 Å². The van der Waals surface area contributed by atoms with E-state index in [0.717, 1.165) is 0 Å². The highest BCUT2D eigenvalue weighted by molar-refractivity contribution is 6.36. The maximum atomic E-state index is 13.8. The summed E-state index contributed by atoms with van der Waals surface area (Å²) in [6.07, 6.45) is 0. The van der Waals surface area contributed by atoms with Crippen LogP contribution in [-0.4, -0.2) is 42.0 Å². The lowest BCUT2D eigenvalue weighted by Crippen LogP contribution is -2.31. The van der Waals surface area contributed by atoms with Gasteiger partial charge in [-0.15, -0.1) is 5.10 Å². The smallest absolute Gasteiger partial charge is 0.255 e. The highest BCUT2D eigenvalue weighted by Crippen LogP contribution is 2.44. The molecule has 0 spiro atoms. The number of carbonyl (C=O) groups excluding carboxylic acids is 1. The molecule has 39 heavy (non-hydrogen) atoms. The van der Waals surface area contributed by atoms with Crippen LogP contribution in [0, 0.1) is 0 Å². The van der Waals surface area contributed by atoms with Crippen LogP contribution in [-0.2, 0) is 4.79 Å². The molecule has 1 aromatic heterocycles. The normalized spacial score (nSPS) is 14.4. The molecule has 200 valence electrons. The Labute approximate surface area is 235 Å². The SMILES string of the molecule is COc1cc(C2C(C(=O)Nc3ccccc3)=C(C)Nc3nc(-c4ccc(Cl)cc4Cl)nn32)cc(OC)c1OC. The van der Waals surface area contributed by atoms with Crippen molar-refractivity contribution in [2.75, 3.05) is 32.0 Å². The van der Waals surface area contributed by atoms with Crippen molar-refractivity contribution in [3.63, 3.8) is 0 Å². The molecule has 2 N–H and O–H groups in total. The summed E-state index contributed by atoms with van der Waals surface area (Å²) in [4.78, 5) is 18.5. The Hall–Kier alpha value is -4.21. The first kappa shape index (κ1) is 26.4. The van der Waals surface area contributed by atoms with E-state index in [1.165, 1.54) is 21.3 Å². The van der Waals surface area contributed by atoms with Gasteiger partial charge in [-0.05, 0) is 55.0 Å². The number of rotatable bonds is 7. The summed E-state index contributed by atoms with van der Waals surface area (Å²) in [6, 6.07) is 17.2. The second-order valence-corrected chi connectivity index (χ2v) is 9.52. The van der Waals surface area contributed by atoms with Crippen LogP contribution in [0.3, 0.4) is 0 Å². The second kappa shape index (κ2) is 10.9. The summed E-state index contributed by atoms with van der Waals surface area (Å²) < 4.78 is 18.4. The molecule has 0 fully saturated rings. The van der Waals surface area contributed by atoms with Crippen molar-refractivity contribution in [1.82, 2.24) is 14.8 Å². The molecule has 1 amide bonds. The molecule has 0 radical (unpaired) electrons. The van der Waals surface area contributed by atoms with Crippen molar-refractivity contribution < 1.29 is 19.0 Å². The van der Waals surface area contributed by atoms with Crippen molar-refractivity contribution in [1.29, 1.82) is 0 Å². The Morgan fingerprint density at radius 2 is 1.67 bits per heavy atom. The van der Waals surface area contributed by atoms with E-state index >= 15 is 0 Å². The Morgan fingerprint density at radius 1 is 0.974 bits per heavy atom. The predicted molar refractivity (Wildman–Crippen MR) is 151 cm³/mol. The molecular formula is C28H25Cl2N5O4. The molecule has 4 aromatic rings. The average molecular weight is 566 g/mol. The van der Waals surface area contributed by atoms with Crippen LogP contribution in [0.2, 0.25) is 10.0 Å². The fraction of sp³-hybridized carbons (Fsp3) is 0.179. The van der Waals surface area contributed by atoms with Crippen LogP contribution in [0.25, 0.3) is 11.4 Å². The number of ether oxygens (including phenoxy) is 3. The zero-order chi connectivity index (χ0) is 27.7. The van der Waals surface area contributed by atoms with Gasteiger partial charge in [-0.25, -0.2) is 4.68 Å². The Kier molecular flexibility index (Phi) is 7.36. The molecule has 9 nitrogen and oxygen atoms in total. The van der Waals surface area contributed by atoms with Crippen LogP contribution in [0.5, 0.6) is 17.2 Å². The Morgan fingerprint density at radius 3 is 2.28 bits per heavy atom. The molecular weight excluding hydrogens is 541 g/mol. The van der Waals surface area contributed by atoms with Gasteiger partial charge in [0.25, 0.3) is 5.91 Å². The molecule has 0 aliphatic carbocycles. The predicted octanol–water partition coefficient (Wildman–Crippen LogP) is 6.21. The van der Waals surface area contributed by atoms with E-state index in [1.807, 2.05) is 37.3 Å². The van der Waals surface area contributed by atoms with Crippen LogP contribution in [0.15, 0.2) is 71.9 Å². The Balaban J connectivity index is 1.69. The molecule has 11 heteroatoms. The quantitative estimate of drug-likeness (QED) is 0.275. The van der Waals surface area contributed by atoms with E-state index in [9.17, 15) is 4.79 Å². The van der Waals surface area contributed by atoms with Crippen molar-refractivity contribution in [3.05, 3.63) is 87.5 Å². The number of nitrogens with zero attached hydrogens (tertiary/aromatic N) is 3. The summed E-state index contributed by atoms with van der Waals surface area (Å²) in [7, 11) is 4.61. The van der Waals surface area contributed by atoms with E-state index in [1.54, 1.807) is 35.0 Å². The van der Waals surface area contributed by atoms with Gasteiger partial charge in [-0.1, -0.05) is 41.4 Å². The van der Waals surface area contributed by atoms with Gasteiger partial charge in [-0.3, -0.25) is 4.79 Å². The van der Waals surface area contributed by atoms with Gasteiger partial charge >= 0.3 is 0 Å². The second-order valence-electron chi connectivity index (χ2n) is 8.67. The van der Waals surface area contributed by atoms with E-state index in [-0.39, 0.29) is 5.91 Å². The number of anilines is 2. The summed E-state index contributed by atoms with van der Waals surface area (Å²) in [5.41, 5.74) is 2.96. The number of carbonyl (C=O) groups is 1. The minimum absolute atomic E-state index is 0.308. The zero-order valence-corrected chi connectivity index (χ0v) is 23.1. The summed E-state index contributed by atoms with van der Waals surface area (Å²) in [5, 5.41) is 11.9. The number of benzene rings is 3. The fourth-order valence-corrected chi connectivity index (χ4v) is 5.01. The fourth-order valence-electron chi connectivity index (χ4n) is 4.52. The lowest BCUT2D eigenvalue weighted by atomic mass is 9.94. The molecule has 3 aromatic carbocycles.